The predicted molar refractivity (Wildman–Crippen MR) is 180 cm³/mol. The van der Waals surface area contributed by atoms with E-state index in [0.717, 1.165) is 31.2 Å². The summed E-state index contributed by atoms with van der Waals surface area (Å²) in [7, 11) is 0. The lowest BCUT2D eigenvalue weighted by atomic mass is 9.84. The van der Waals surface area contributed by atoms with Gasteiger partial charge in [-0.1, -0.05) is 82.3 Å². The minimum absolute atomic E-state index is 0.00589. The molecule has 4 atom stereocenters. The van der Waals surface area contributed by atoms with Gasteiger partial charge in [-0.05, 0) is 42.7 Å². The van der Waals surface area contributed by atoms with E-state index in [-0.39, 0.29) is 44.2 Å². The number of ketones is 1. The average Bonchev–Trinajstić information content (AvgIpc) is 3.65. The number of benzene rings is 1. The van der Waals surface area contributed by atoms with Gasteiger partial charge in [0.1, 0.15) is 18.8 Å². The Bertz CT molecular complexity index is 1390. The molecule has 0 radical (unpaired) electrons. The number of halogens is 2. The number of rotatable bonds is 13. The molecule has 1 spiro atoms. The van der Waals surface area contributed by atoms with Crippen LogP contribution in [0.2, 0.25) is 5.02 Å². The molecule has 2 aliphatic heterocycles. The number of hydrogen-bond acceptors (Lipinski definition) is 7. The molecule has 0 bridgehead atoms. The number of carbonyl (C=O) groups is 5. The van der Waals surface area contributed by atoms with Gasteiger partial charge in [0.15, 0.2) is 5.60 Å². The van der Waals surface area contributed by atoms with E-state index in [1.54, 1.807) is 25.1 Å². The number of Topliss-reactive ketones (excluding diaryl/α,β-unsaturated/α-hetero) is 1. The standard InChI is InChI=1S/C35H49ClFN5O6/c1-5-10-25(29(44)32(46)38-16-15-37)39-31(45)27-20-35(19-26(41-48-35)23-13-9-14-24(36)18-23)21-42(27)33(47)30(34(2,3)4)40-28(43)17-22-11-7-6-8-12-22/h9,13-14,18,22,25,27,30H,5-8,10-12,15-17,19-21H2,1-4H3,(H,38,46)(H,39,45)(H,40,43)/t25-,27-,30+,35+/m0/s1. The van der Waals surface area contributed by atoms with E-state index >= 15 is 0 Å². The Kier molecular flexibility index (Phi) is 12.6. The first-order valence-corrected chi connectivity index (χ1v) is 17.4. The molecule has 3 N–H and O–H groups in total. The van der Waals surface area contributed by atoms with Gasteiger partial charge in [-0.2, -0.15) is 0 Å². The highest BCUT2D eigenvalue weighted by Gasteiger charge is 2.55. The van der Waals surface area contributed by atoms with Gasteiger partial charge in [0, 0.05) is 36.4 Å². The minimum atomic E-state index is -1.17. The average molecular weight is 690 g/mol. The molecule has 13 heteroatoms. The maximum Gasteiger partial charge on any atom is 0.289 e. The predicted octanol–water partition coefficient (Wildman–Crippen LogP) is 4.25. The first-order chi connectivity index (χ1) is 22.8. The van der Waals surface area contributed by atoms with Crippen molar-refractivity contribution in [2.75, 3.05) is 19.8 Å². The lowest BCUT2D eigenvalue weighted by Crippen LogP contribution is -2.59. The Hall–Kier alpha value is -3.54. The van der Waals surface area contributed by atoms with Crippen LogP contribution in [0.5, 0.6) is 0 Å². The van der Waals surface area contributed by atoms with E-state index in [0.29, 0.717) is 23.6 Å². The van der Waals surface area contributed by atoms with Gasteiger partial charge in [-0.15, -0.1) is 0 Å². The highest BCUT2D eigenvalue weighted by molar-refractivity contribution is 6.38. The maximum atomic E-state index is 14.5. The minimum Gasteiger partial charge on any atom is -0.387 e. The zero-order valence-electron chi connectivity index (χ0n) is 28.4. The summed E-state index contributed by atoms with van der Waals surface area (Å²) in [6, 6.07) is 3.94. The number of amides is 4. The van der Waals surface area contributed by atoms with Crippen LogP contribution in [-0.4, -0.2) is 83.5 Å². The maximum absolute atomic E-state index is 14.5. The summed E-state index contributed by atoms with van der Waals surface area (Å²) in [5, 5.41) is 12.8. The molecule has 1 saturated carbocycles. The fraction of sp³-hybridized carbons (Fsp3) is 0.657. The Labute approximate surface area is 287 Å². The van der Waals surface area contributed by atoms with Gasteiger partial charge in [-0.25, -0.2) is 4.39 Å². The van der Waals surface area contributed by atoms with E-state index in [4.69, 9.17) is 16.4 Å². The van der Waals surface area contributed by atoms with E-state index in [1.807, 2.05) is 26.8 Å². The van der Waals surface area contributed by atoms with Crippen molar-refractivity contribution in [3.8, 4) is 0 Å². The van der Waals surface area contributed by atoms with Crippen LogP contribution in [0.25, 0.3) is 0 Å². The van der Waals surface area contributed by atoms with Crippen LogP contribution in [0.15, 0.2) is 29.4 Å². The van der Waals surface area contributed by atoms with Crippen molar-refractivity contribution in [3.05, 3.63) is 34.9 Å². The Morgan fingerprint density at radius 2 is 1.85 bits per heavy atom. The zero-order chi connectivity index (χ0) is 35.1. The first kappa shape index (κ1) is 37.3. The van der Waals surface area contributed by atoms with Crippen LogP contribution in [0.1, 0.15) is 97.5 Å². The fourth-order valence-electron chi connectivity index (χ4n) is 6.87. The summed E-state index contributed by atoms with van der Waals surface area (Å²) in [5.41, 5.74) is -0.389. The van der Waals surface area contributed by atoms with Gasteiger partial charge in [0.05, 0.1) is 18.3 Å². The van der Waals surface area contributed by atoms with E-state index in [2.05, 4.69) is 21.1 Å². The summed E-state index contributed by atoms with van der Waals surface area (Å²) < 4.78 is 12.7. The molecule has 1 aromatic carbocycles. The molecule has 3 aliphatic rings. The SMILES string of the molecule is CCC[C@H](NC(=O)[C@@H]1C[C@]2(CC(c3cccc(Cl)c3)=NO2)CN1C(=O)[C@@H](NC(=O)CC1CCCCC1)C(C)(C)C)C(=O)C(=O)NCCF. The summed E-state index contributed by atoms with van der Waals surface area (Å²) in [5.74, 6) is -2.90. The topological polar surface area (TPSA) is 146 Å². The number of likely N-dealkylation sites (tertiary alicyclic amines) is 1. The lowest BCUT2D eigenvalue weighted by Gasteiger charge is -2.36. The molecule has 1 aromatic rings. The summed E-state index contributed by atoms with van der Waals surface area (Å²) in [6.07, 6.45) is 6.63. The molecular weight excluding hydrogens is 641 g/mol. The number of hydrogen-bond donors (Lipinski definition) is 3. The van der Waals surface area contributed by atoms with Gasteiger partial charge in [0.25, 0.3) is 5.91 Å². The number of carbonyl (C=O) groups excluding carboxylic acids is 5. The second-order valence-electron chi connectivity index (χ2n) is 14.4. The van der Waals surface area contributed by atoms with Crippen LogP contribution in [0.3, 0.4) is 0 Å². The fourth-order valence-corrected chi connectivity index (χ4v) is 7.06. The van der Waals surface area contributed by atoms with Crippen LogP contribution in [0.4, 0.5) is 4.39 Å². The lowest BCUT2D eigenvalue weighted by molar-refractivity contribution is -0.145. The normalized spacial score (nSPS) is 22.4. The van der Waals surface area contributed by atoms with Crippen molar-refractivity contribution in [3.63, 3.8) is 0 Å². The highest BCUT2D eigenvalue weighted by atomic mass is 35.5. The Morgan fingerprint density at radius 3 is 2.50 bits per heavy atom. The molecule has 264 valence electrons. The third kappa shape index (κ3) is 9.33. The van der Waals surface area contributed by atoms with Crippen molar-refractivity contribution in [1.82, 2.24) is 20.9 Å². The molecule has 0 unspecified atom stereocenters. The van der Waals surface area contributed by atoms with Crippen LogP contribution in [-0.2, 0) is 28.8 Å². The summed E-state index contributed by atoms with van der Waals surface area (Å²) >= 11 is 6.22. The van der Waals surface area contributed by atoms with Crippen molar-refractivity contribution >= 4 is 46.7 Å². The zero-order valence-corrected chi connectivity index (χ0v) is 29.2. The molecule has 2 fully saturated rings. The molecule has 48 heavy (non-hydrogen) atoms. The molecular formula is C35H49ClFN5O6. The van der Waals surface area contributed by atoms with E-state index < -0.39 is 59.3 Å². The second kappa shape index (κ2) is 16.2. The van der Waals surface area contributed by atoms with Gasteiger partial charge in [0.2, 0.25) is 23.5 Å². The van der Waals surface area contributed by atoms with Crippen molar-refractivity contribution in [2.24, 2.45) is 16.5 Å². The molecule has 4 amide bonds. The number of nitrogens with one attached hydrogen (secondary N) is 3. The third-order valence-corrected chi connectivity index (χ3v) is 9.65. The molecule has 2 heterocycles. The number of nitrogens with zero attached hydrogens (tertiary/aromatic N) is 2. The van der Waals surface area contributed by atoms with Gasteiger partial charge in [-0.3, -0.25) is 24.0 Å². The van der Waals surface area contributed by atoms with Crippen molar-refractivity contribution in [2.45, 2.75) is 116 Å². The van der Waals surface area contributed by atoms with Gasteiger partial charge < -0.3 is 25.7 Å². The highest BCUT2D eigenvalue weighted by Crippen LogP contribution is 2.40. The quantitative estimate of drug-likeness (QED) is 0.264. The van der Waals surface area contributed by atoms with Crippen LogP contribution in [0, 0.1) is 11.3 Å². The number of oxime groups is 1. The molecule has 11 nitrogen and oxygen atoms in total. The Balaban J connectivity index is 1.60. The Morgan fingerprint density at radius 1 is 1.12 bits per heavy atom. The molecule has 4 rings (SSSR count). The largest absolute Gasteiger partial charge is 0.387 e. The van der Waals surface area contributed by atoms with Gasteiger partial charge >= 0.3 is 0 Å². The monoisotopic (exact) mass is 689 g/mol. The number of alkyl halides is 1. The smallest absolute Gasteiger partial charge is 0.289 e. The van der Waals surface area contributed by atoms with Crippen molar-refractivity contribution in [1.29, 1.82) is 0 Å². The summed E-state index contributed by atoms with van der Waals surface area (Å²) in [6.45, 7) is 6.22. The second-order valence-corrected chi connectivity index (χ2v) is 14.9. The van der Waals surface area contributed by atoms with Crippen LogP contribution >= 0.6 is 11.6 Å². The van der Waals surface area contributed by atoms with Crippen molar-refractivity contribution < 1.29 is 33.2 Å². The molecule has 1 saturated heterocycles. The third-order valence-electron chi connectivity index (χ3n) is 9.41. The van der Waals surface area contributed by atoms with E-state index in [9.17, 15) is 28.4 Å². The first-order valence-electron chi connectivity index (χ1n) is 17.1. The van der Waals surface area contributed by atoms with E-state index in [1.165, 1.54) is 11.3 Å². The molecule has 1 aliphatic carbocycles. The molecule has 0 aromatic heterocycles. The summed E-state index contributed by atoms with van der Waals surface area (Å²) in [4.78, 5) is 74.6. The van der Waals surface area contributed by atoms with Crippen LogP contribution < -0.4 is 16.0 Å².